The summed E-state index contributed by atoms with van der Waals surface area (Å²) in [4.78, 5) is 23.4. The summed E-state index contributed by atoms with van der Waals surface area (Å²) in [5.74, 6) is -0.830. The quantitative estimate of drug-likeness (QED) is 0.494. The Labute approximate surface area is 132 Å². The summed E-state index contributed by atoms with van der Waals surface area (Å²) < 4.78 is 4.87. The van der Waals surface area contributed by atoms with Gasteiger partial charge in [0, 0.05) is 5.92 Å². The maximum atomic E-state index is 11.8. The standard InChI is InChI=1S/C15H14ClN3O3/c1-2-22-15(21)11-6-5-10(7-12(11)16)18-19-13(8-17)14(20)9-3-4-9/h5-7,9,18H,2-4H2,1H3/b19-13+. The Kier molecular flexibility index (Phi) is 5.12. The number of nitrogens with one attached hydrogen (secondary N) is 1. The number of halogens is 1. The van der Waals surface area contributed by atoms with Crippen LogP contribution in [-0.4, -0.2) is 24.1 Å². The first-order valence-corrected chi connectivity index (χ1v) is 7.19. The number of carbonyl (C=O) groups is 2. The van der Waals surface area contributed by atoms with Gasteiger partial charge >= 0.3 is 5.97 Å². The molecule has 22 heavy (non-hydrogen) atoms. The van der Waals surface area contributed by atoms with E-state index in [1.807, 2.05) is 0 Å². The predicted molar refractivity (Wildman–Crippen MR) is 81.8 cm³/mol. The zero-order chi connectivity index (χ0) is 16.1. The minimum atomic E-state index is -0.510. The summed E-state index contributed by atoms with van der Waals surface area (Å²) in [7, 11) is 0. The Morgan fingerprint density at radius 3 is 2.77 bits per heavy atom. The number of esters is 1. The smallest absolute Gasteiger partial charge is 0.339 e. The number of ether oxygens (including phenoxy) is 1. The van der Waals surface area contributed by atoms with Crippen LogP contribution in [0.25, 0.3) is 0 Å². The number of Topliss-reactive ketones (excluding diaryl/α,β-unsaturated/α-hetero) is 1. The Morgan fingerprint density at radius 1 is 1.50 bits per heavy atom. The number of hydrogen-bond donors (Lipinski definition) is 1. The Hall–Kier alpha value is -2.39. The maximum Gasteiger partial charge on any atom is 0.339 e. The SMILES string of the molecule is CCOC(=O)c1ccc(N/N=C(\C#N)C(=O)C2CC2)cc1Cl. The molecular weight excluding hydrogens is 306 g/mol. The van der Waals surface area contributed by atoms with E-state index in [-0.39, 0.29) is 34.6 Å². The largest absolute Gasteiger partial charge is 0.462 e. The molecule has 6 nitrogen and oxygen atoms in total. The topological polar surface area (TPSA) is 91.5 Å². The second-order valence-electron chi connectivity index (χ2n) is 4.74. The number of hydrazone groups is 1. The highest BCUT2D eigenvalue weighted by Crippen LogP contribution is 2.30. The summed E-state index contributed by atoms with van der Waals surface area (Å²) in [5.41, 5.74) is 3.16. The van der Waals surface area contributed by atoms with Crippen LogP contribution in [0.4, 0.5) is 5.69 Å². The van der Waals surface area contributed by atoms with E-state index in [4.69, 9.17) is 21.6 Å². The van der Waals surface area contributed by atoms with Crippen molar-refractivity contribution in [3.63, 3.8) is 0 Å². The van der Waals surface area contributed by atoms with E-state index in [1.54, 1.807) is 19.1 Å². The fraction of sp³-hybridized carbons (Fsp3) is 0.333. The molecule has 0 aromatic heterocycles. The van der Waals surface area contributed by atoms with Crippen molar-refractivity contribution in [2.24, 2.45) is 11.0 Å². The van der Waals surface area contributed by atoms with Crippen molar-refractivity contribution in [2.75, 3.05) is 12.0 Å². The second-order valence-corrected chi connectivity index (χ2v) is 5.14. The number of hydrogen-bond acceptors (Lipinski definition) is 6. The minimum Gasteiger partial charge on any atom is -0.462 e. The predicted octanol–water partition coefficient (Wildman–Crippen LogP) is 2.79. The number of rotatable bonds is 6. The summed E-state index contributed by atoms with van der Waals surface area (Å²) in [5, 5.41) is 13.0. The molecule has 0 heterocycles. The first-order chi connectivity index (χ1) is 10.6. The molecule has 2 rings (SSSR count). The first kappa shape index (κ1) is 16.0. The second kappa shape index (κ2) is 7.05. The third-order valence-corrected chi connectivity index (χ3v) is 3.36. The van der Waals surface area contributed by atoms with Crippen LogP contribution in [0.5, 0.6) is 0 Å². The molecule has 0 amide bonds. The van der Waals surface area contributed by atoms with Gasteiger partial charge in [0.15, 0.2) is 5.78 Å². The molecule has 0 saturated heterocycles. The van der Waals surface area contributed by atoms with Crippen LogP contribution in [0.3, 0.4) is 0 Å². The Morgan fingerprint density at radius 2 is 2.23 bits per heavy atom. The number of ketones is 1. The maximum absolute atomic E-state index is 11.8. The zero-order valence-corrected chi connectivity index (χ0v) is 12.7. The lowest BCUT2D eigenvalue weighted by Gasteiger charge is -2.06. The third-order valence-electron chi connectivity index (χ3n) is 3.05. The number of benzene rings is 1. The van der Waals surface area contributed by atoms with Crippen molar-refractivity contribution in [3.8, 4) is 6.07 Å². The van der Waals surface area contributed by atoms with E-state index in [0.29, 0.717) is 5.69 Å². The molecule has 1 aliphatic rings. The van der Waals surface area contributed by atoms with Crippen molar-refractivity contribution in [2.45, 2.75) is 19.8 Å². The van der Waals surface area contributed by atoms with Crippen LogP contribution in [-0.2, 0) is 9.53 Å². The fourth-order valence-electron chi connectivity index (χ4n) is 1.75. The van der Waals surface area contributed by atoms with Crippen molar-refractivity contribution in [3.05, 3.63) is 28.8 Å². The van der Waals surface area contributed by atoms with Crippen molar-refractivity contribution >= 4 is 34.8 Å². The van der Waals surface area contributed by atoms with E-state index in [2.05, 4.69) is 10.5 Å². The highest BCUT2D eigenvalue weighted by atomic mass is 35.5. The molecule has 1 aliphatic carbocycles. The monoisotopic (exact) mass is 319 g/mol. The molecule has 0 unspecified atom stereocenters. The van der Waals surface area contributed by atoms with E-state index >= 15 is 0 Å². The Bertz CT molecular complexity index is 675. The molecule has 1 N–H and O–H groups in total. The lowest BCUT2D eigenvalue weighted by molar-refractivity contribution is -0.113. The van der Waals surface area contributed by atoms with Gasteiger partial charge in [0.1, 0.15) is 6.07 Å². The highest BCUT2D eigenvalue weighted by molar-refractivity contribution is 6.47. The molecule has 0 aliphatic heterocycles. The number of nitrogens with zero attached hydrogens (tertiary/aromatic N) is 2. The Balaban J connectivity index is 2.10. The van der Waals surface area contributed by atoms with Crippen molar-refractivity contribution in [1.29, 1.82) is 5.26 Å². The highest BCUT2D eigenvalue weighted by Gasteiger charge is 2.33. The van der Waals surface area contributed by atoms with Gasteiger partial charge < -0.3 is 4.74 Å². The van der Waals surface area contributed by atoms with Gasteiger partial charge in [-0.25, -0.2) is 4.79 Å². The van der Waals surface area contributed by atoms with Gasteiger partial charge in [0.25, 0.3) is 0 Å². The molecule has 0 atom stereocenters. The molecule has 0 radical (unpaired) electrons. The van der Waals surface area contributed by atoms with Crippen LogP contribution >= 0.6 is 11.6 Å². The number of nitriles is 1. The zero-order valence-electron chi connectivity index (χ0n) is 11.9. The van der Waals surface area contributed by atoms with Crippen LogP contribution in [0.15, 0.2) is 23.3 Å². The lowest BCUT2D eigenvalue weighted by Crippen LogP contribution is -2.15. The molecular formula is C15H14ClN3O3. The van der Waals surface area contributed by atoms with E-state index < -0.39 is 5.97 Å². The van der Waals surface area contributed by atoms with E-state index in [0.717, 1.165) is 12.8 Å². The summed E-state index contributed by atoms with van der Waals surface area (Å²) in [6.07, 6.45) is 1.61. The van der Waals surface area contributed by atoms with Gasteiger partial charge in [0.05, 0.1) is 22.9 Å². The molecule has 1 saturated carbocycles. The average molecular weight is 320 g/mol. The van der Waals surface area contributed by atoms with Crippen LogP contribution in [0, 0.1) is 17.2 Å². The van der Waals surface area contributed by atoms with Gasteiger partial charge in [-0.3, -0.25) is 10.2 Å². The fourth-order valence-corrected chi connectivity index (χ4v) is 2.01. The summed E-state index contributed by atoms with van der Waals surface area (Å²) in [6, 6.07) is 6.33. The molecule has 114 valence electrons. The van der Waals surface area contributed by atoms with Crippen LogP contribution < -0.4 is 5.43 Å². The molecule has 7 heteroatoms. The van der Waals surface area contributed by atoms with Gasteiger partial charge in [-0.05, 0) is 38.0 Å². The number of carbonyl (C=O) groups excluding carboxylic acids is 2. The molecule has 0 bridgehead atoms. The van der Waals surface area contributed by atoms with Crippen LogP contribution in [0.2, 0.25) is 5.02 Å². The molecule has 1 aromatic carbocycles. The molecule has 1 aromatic rings. The molecule has 1 fully saturated rings. The first-order valence-electron chi connectivity index (χ1n) is 6.81. The van der Waals surface area contributed by atoms with Crippen molar-refractivity contribution < 1.29 is 14.3 Å². The van der Waals surface area contributed by atoms with Crippen LogP contribution in [0.1, 0.15) is 30.1 Å². The van der Waals surface area contributed by atoms with E-state index in [1.165, 1.54) is 12.1 Å². The summed E-state index contributed by atoms with van der Waals surface area (Å²) in [6.45, 7) is 1.96. The summed E-state index contributed by atoms with van der Waals surface area (Å²) >= 11 is 6.01. The van der Waals surface area contributed by atoms with Crippen molar-refractivity contribution in [1.82, 2.24) is 0 Å². The normalized spacial score (nSPS) is 14.1. The van der Waals surface area contributed by atoms with Gasteiger partial charge in [0.2, 0.25) is 5.71 Å². The average Bonchev–Trinajstić information content (AvgIpc) is 3.32. The number of anilines is 1. The molecule has 0 spiro atoms. The van der Waals surface area contributed by atoms with Gasteiger partial charge in [-0.2, -0.15) is 10.4 Å². The van der Waals surface area contributed by atoms with E-state index in [9.17, 15) is 9.59 Å². The lowest BCUT2D eigenvalue weighted by atomic mass is 10.2. The van der Waals surface area contributed by atoms with Gasteiger partial charge in [-0.15, -0.1) is 0 Å². The minimum absolute atomic E-state index is 0.0741. The third kappa shape index (κ3) is 3.83. The van der Waals surface area contributed by atoms with Gasteiger partial charge in [-0.1, -0.05) is 11.6 Å².